The third kappa shape index (κ3) is 4.16. The molecule has 0 aliphatic carbocycles. The van der Waals surface area contributed by atoms with Gasteiger partial charge in [-0.05, 0) is 18.8 Å². The highest BCUT2D eigenvalue weighted by Gasteiger charge is 2.07. The van der Waals surface area contributed by atoms with Gasteiger partial charge in [-0.2, -0.15) is 0 Å². The Hall–Kier alpha value is -0.790. The van der Waals surface area contributed by atoms with Crippen molar-refractivity contribution in [3.05, 3.63) is 12.2 Å². The van der Waals surface area contributed by atoms with Crippen molar-refractivity contribution in [2.45, 2.75) is 39.5 Å². The molecule has 0 heterocycles. The van der Waals surface area contributed by atoms with Gasteiger partial charge in [0.1, 0.15) is 0 Å². The minimum atomic E-state index is -0.860. The number of hydrogen-bond acceptors (Lipinski definition) is 1. The summed E-state index contributed by atoms with van der Waals surface area (Å²) in [5.74, 6) is -0.206. The molecule has 0 aliphatic rings. The molecule has 2 nitrogen and oxygen atoms in total. The van der Waals surface area contributed by atoms with Gasteiger partial charge in [-0.25, -0.2) is 4.79 Å². The van der Waals surface area contributed by atoms with Crippen molar-refractivity contribution in [1.29, 1.82) is 0 Å². The molecule has 0 radical (unpaired) electrons. The summed E-state index contributed by atoms with van der Waals surface area (Å²) in [6.45, 7) is 7.77. The second kappa shape index (κ2) is 5.81. The fourth-order valence-corrected chi connectivity index (χ4v) is 1.18. The second-order valence-electron chi connectivity index (χ2n) is 3.13. The Balaban J connectivity index is 3.66. The number of aliphatic carboxylic acids is 1. The predicted octanol–water partition coefficient (Wildman–Crippen LogP) is 2.84. The van der Waals surface area contributed by atoms with Crippen LogP contribution in [-0.2, 0) is 4.79 Å². The zero-order valence-electron chi connectivity index (χ0n) is 7.97. The standard InChI is InChI=1S/C10H18O2/c1-4-9(5-2)7-6-8(3)10(11)12/h9H,3-7H2,1-2H3,(H,11,12). The number of carbonyl (C=O) groups is 1. The van der Waals surface area contributed by atoms with E-state index in [1.165, 1.54) is 0 Å². The maximum absolute atomic E-state index is 10.4. The van der Waals surface area contributed by atoms with Crippen LogP contribution in [0.25, 0.3) is 0 Å². The van der Waals surface area contributed by atoms with Crippen LogP contribution >= 0.6 is 0 Å². The lowest BCUT2D eigenvalue weighted by Crippen LogP contribution is -2.03. The van der Waals surface area contributed by atoms with Crippen LogP contribution in [0.1, 0.15) is 39.5 Å². The molecule has 2 heteroatoms. The third-order valence-electron chi connectivity index (χ3n) is 2.31. The van der Waals surface area contributed by atoms with Gasteiger partial charge in [0.2, 0.25) is 0 Å². The maximum atomic E-state index is 10.4. The molecule has 0 amide bonds. The molecule has 0 atom stereocenters. The number of rotatable bonds is 6. The maximum Gasteiger partial charge on any atom is 0.330 e. The van der Waals surface area contributed by atoms with Crippen molar-refractivity contribution >= 4 is 5.97 Å². The van der Waals surface area contributed by atoms with E-state index in [4.69, 9.17) is 5.11 Å². The molecular weight excluding hydrogens is 152 g/mol. The minimum absolute atomic E-state index is 0.335. The van der Waals surface area contributed by atoms with Gasteiger partial charge in [-0.3, -0.25) is 0 Å². The minimum Gasteiger partial charge on any atom is -0.478 e. The Bertz CT molecular complexity index is 157. The summed E-state index contributed by atoms with van der Waals surface area (Å²) in [5, 5.41) is 8.54. The van der Waals surface area contributed by atoms with Crippen LogP contribution in [0.3, 0.4) is 0 Å². The molecule has 0 saturated heterocycles. The fraction of sp³-hybridized carbons (Fsp3) is 0.700. The molecule has 0 saturated carbocycles. The molecule has 0 aromatic heterocycles. The Kier molecular flexibility index (Phi) is 5.43. The summed E-state index contributed by atoms with van der Waals surface area (Å²) < 4.78 is 0. The summed E-state index contributed by atoms with van der Waals surface area (Å²) >= 11 is 0. The molecule has 0 rings (SSSR count). The lowest BCUT2D eigenvalue weighted by molar-refractivity contribution is -0.132. The highest BCUT2D eigenvalue weighted by Crippen LogP contribution is 2.17. The van der Waals surface area contributed by atoms with Crippen molar-refractivity contribution in [1.82, 2.24) is 0 Å². The van der Waals surface area contributed by atoms with Crippen LogP contribution in [0.2, 0.25) is 0 Å². The summed E-state index contributed by atoms with van der Waals surface area (Å²) in [6.07, 6.45) is 3.84. The molecule has 0 aromatic rings. The first kappa shape index (κ1) is 11.2. The lowest BCUT2D eigenvalue weighted by Gasteiger charge is -2.10. The summed E-state index contributed by atoms with van der Waals surface area (Å²) in [5.41, 5.74) is 0.335. The highest BCUT2D eigenvalue weighted by molar-refractivity contribution is 5.85. The van der Waals surface area contributed by atoms with E-state index in [1.54, 1.807) is 0 Å². The van der Waals surface area contributed by atoms with Gasteiger partial charge in [-0.15, -0.1) is 0 Å². The van der Waals surface area contributed by atoms with Gasteiger partial charge in [0.25, 0.3) is 0 Å². The molecule has 0 unspecified atom stereocenters. The van der Waals surface area contributed by atoms with E-state index < -0.39 is 5.97 Å². The Morgan fingerprint density at radius 2 is 1.92 bits per heavy atom. The van der Waals surface area contributed by atoms with E-state index in [9.17, 15) is 4.79 Å². The SMILES string of the molecule is C=C(CCC(CC)CC)C(=O)O. The average Bonchev–Trinajstić information content (AvgIpc) is 2.05. The van der Waals surface area contributed by atoms with Gasteiger partial charge < -0.3 is 5.11 Å². The van der Waals surface area contributed by atoms with Crippen molar-refractivity contribution in [3.63, 3.8) is 0 Å². The first-order valence-corrected chi connectivity index (χ1v) is 4.52. The summed E-state index contributed by atoms with van der Waals surface area (Å²) in [4.78, 5) is 10.4. The van der Waals surface area contributed by atoms with Crippen molar-refractivity contribution in [3.8, 4) is 0 Å². The Labute approximate surface area is 74.3 Å². The lowest BCUT2D eigenvalue weighted by atomic mass is 9.95. The summed E-state index contributed by atoms with van der Waals surface area (Å²) in [7, 11) is 0. The van der Waals surface area contributed by atoms with Crippen molar-refractivity contribution in [2.75, 3.05) is 0 Å². The zero-order chi connectivity index (χ0) is 9.56. The van der Waals surface area contributed by atoms with E-state index in [2.05, 4.69) is 20.4 Å². The molecular formula is C10H18O2. The smallest absolute Gasteiger partial charge is 0.330 e. The quantitative estimate of drug-likeness (QED) is 0.622. The number of hydrogen-bond donors (Lipinski definition) is 1. The van der Waals surface area contributed by atoms with Crippen molar-refractivity contribution in [2.24, 2.45) is 5.92 Å². The van der Waals surface area contributed by atoms with E-state index >= 15 is 0 Å². The summed E-state index contributed by atoms with van der Waals surface area (Å²) in [6, 6.07) is 0. The van der Waals surface area contributed by atoms with Crippen LogP contribution < -0.4 is 0 Å². The van der Waals surface area contributed by atoms with Gasteiger partial charge >= 0.3 is 5.97 Å². The first-order valence-electron chi connectivity index (χ1n) is 4.52. The molecule has 12 heavy (non-hydrogen) atoms. The van der Waals surface area contributed by atoms with Crippen LogP contribution in [0.4, 0.5) is 0 Å². The molecule has 0 aliphatic heterocycles. The van der Waals surface area contributed by atoms with Gasteiger partial charge in [-0.1, -0.05) is 33.3 Å². The van der Waals surface area contributed by atoms with E-state index in [0.717, 1.165) is 19.3 Å². The van der Waals surface area contributed by atoms with Crippen LogP contribution in [-0.4, -0.2) is 11.1 Å². The predicted molar refractivity (Wildman–Crippen MR) is 50.1 cm³/mol. The van der Waals surface area contributed by atoms with Gasteiger partial charge in [0.15, 0.2) is 0 Å². The molecule has 0 bridgehead atoms. The average molecular weight is 170 g/mol. The normalized spacial score (nSPS) is 10.2. The van der Waals surface area contributed by atoms with Gasteiger partial charge in [0, 0.05) is 5.57 Å². The van der Waals surface area contributed by atoms with E-state index in [0.29, 0.717) is 17.9 Å². The topological polar surface area (TPSA) is 37.3 Å². The van der Waals surface area contributed by atoms with Crippen LogP contribution in [0.5, 0.6) is 0 Å². The third-order valence-corrected chi connectivity index (χ3v) is 2.31. The molecule has 0 spiro atoms. The number of carboxylic acids is 1. The largest absolute Gasteiger partial charge is 0.478 e. The molecule has 0 aromatic carbocycles. The Morgan fingerprint density at radius 3 is 2.25 bits per heavy atom. The molecule has 70 valence electrons. The van der Waals surface area contributed by atoms with Gasteiger partial charge in [0.05, 0.1) is 0 Å². The van der Waals surface area contributed by atoms with E-state index in [1.807, 2.05) is 0 Å². The monoisotopic (exact) mass is 170 g/mol. The number of carboxylic acid groups (broad SMARTS) is 1. The van der Waals surface area contributed by atoms with Crippen LogP contribution in [0, 0.1) is 5.92 Å². The van der Waals surface area contributed by atoms with Crippen LogP contribution in [0.15, 0.2) is 12.2 Å². The molecule has 0 fully saturated rings. The van der Waals surface area contributed by atoms with E-state index in [-0.39, 0.29) is 0 Å². The molecule has 1 N–H and O–H groups in total. The zero-order valence-corrected chi connectivity index (χ0v) is 7.97. The Morgan fingerprint density at radius 1 is 1.42 bits per heavy atom. The first-order chi connectivity index (χ1) is 5.61. The fourth-order valence-electron chi connectivity index (χ4n) is 1.18. The van der Waals surface area contributed by atoms with Crippen molar-refractivity contribution < 1.29 is 9.90 Å². The second-order valence-corrected chi connectivity index (χ2v) is 3.13. The highest BCUT2D eigenvalue weighted by atomic mass is 16.4.